The first kappa shape index (κ1) is 23.8. The highest BCUT2D eigenvalue weighted by molar-refractivity contribution is 8.00. The lowest BCUT2D eigenvalue weighted by Gasteiger charge is -2.11. The van der Waals surface area contributed by atoms with Crippen LogP contribution in [0.25, 0.3) is 0 Å². The van der Waals surface area contributed by atoms with E-state index in [1.165, 1.54) is 18.2 Å². The van der Waals surface area contributed by atoms with Gasteiger partial charge in [-0.05, 0) is 30.3 Å². The molecule has 0 aromatic heterocycles. The van der Waals surface area contributed by atoms with Crippen molar-refractivity contribution in [3.8, 4) is 6.07 Å². The number of ether oxygens (including phenoxy) is 1. The van der Waals surface area contributed by atoms with E-state index in [4.69, 9.17) is 10.00 Å². The van der Waals surface area contributed by atoms with Gasteiger partial charge < -0.3 is 15.4 Å². The Labute approximate surface area is 179 Å². The van der Waals surface area contributed by atoms with E-state index < -0.39 is 31.2 Å². The fraction of sp³-hybridized carbons (Fsp3) is 0.200. The molecule has 11 heteroatoms. The van der Waals surface area contributed by atoms with Crippen LogP contribution >= 0.6 is 11.8 Å². The first-order valence-corrected chi connectivity index (χ1v) is 9.69. The molecule has 2 aromatic rings. The van der Waals surface area contributed by atoms with E-state index >= 15 is 0 Å². The van der Waals surface area contributed by atoms with E-state index in [9.17, 15) is 27.6 Å². The first-order chi connectivity index (χ1) is 14.7. The van der Waals surface area contributed by atoms with Crippen LogP contribution in [0.1, 0.15) is 15.9 Å². The van der Waals surface area contributed by atoms with Crippen molar-refractivity contribution in [2.75, 3.05) is 24.2 Å². The van der Waals surface area contributed by atoms with Gasteiger partial charge in [0.1, 0.15) is 6.54 Å². The number of benzene rings is 2. The van der Waals surface area contributed by atoms with Crippen LogP contribution in [0.4, 0.5) is 18.9 Å². The number of hydrogen-bond acceptors (Lipinski definition) is 6. The van der Waals surface area contributed by atoms with Gasteiger partial charge in [-0.15, -0.1) is 11.8 Å². The maximum atomic E-state index is 12.2. The number of hydrogen-bond donors (Lipinski definition) is 2. The standard InChI is InChI=1S/C20H16F3N3O4S/c21-20(22,23)12-25-17(27)10-30-19(29)15-6-1-2-7-16(15)31-11-18(28)26-14-5-3-4-13(8-14)9-24/h1-8H,10-12H2,(H,25,27)(H,26,28). The van der Waals surface area contributed by atoms with E-state index in [1.807, 2.05) is 6.07 Å². The van der Waals surface area contributed by atoms with Crippen LogP contribution in [-0.4, -0.2) is 42.9 Å². The summed E-state index contributed by atoms with van der Waals surface area (Å²) >= 11 is 1.03. The van der Waals surface area contributed by atoms with Gasteiger partial charge in [-0.1, -0.05) is 18.2 Å². The zero-order valence-electron chi connectivity index (χ0n) is 15.9. The monoisotopic (exact) mass is 451 g/mol. The van der Waals surface area contributed by atoms with E-state index in [0.29, 0.717) is 16.1 Å². The summed E-state index contributed by atoms with van der Waals surface area (Å²) in [6.45, 7) is -2.40. The third-order valence-electron chi connectivity index (χ3n) is 3.56. The molecule has 2 rings (SSSR count). The van der Waals surface area contributed by atoms with E-state index in [1.54, 1.807) is 35.6 Å². The highest BCUT2D eigenvalue weighted by atomic mass is 32.2. The summed E-state index contributed by atoms with van der Waals surface area (Å²) in [5.41, 5.74) is 0.899. The van der Waals surface area contributed by atoms with Crippen molar-refractivity contribution < 1.29 is 32.3 Å². The minimum absolute atomic E-state index is 0.0624. The summed E-state index contributed by atoms with van der Waals surface area (Å²) in [5.74, 6) is -2.44. The summed E-state index contributed by atoms with van der Waals surface area (Å²) in [5, 5.41) is 13.1. The number of esters is 1. The number of carbonyl (C=O) groups is 3. The molecule has 162 valence electrons. The molecule has 0 aliphatic rings. The molecule has 0 saturated carbocycles. The molecular formula is C20H16F3N3O4S. The molecule has 2 amide bonds. The largest absolute Gasteiger partial charge is 0.452 e. The fourth-order valence-electron chi connectivity index (χ4n) is 2.23. The lowest BCUT2D eigenvalue weighted by molar-refractivity contribution is -0.140. The molecule has 0 atom stereocenters. The van der Waals surface area contributed by atoms with Gasteiger partial charge in [0.15, 0.2) is 6.61 Å². The summed E-state index contributed by atoms with van der Waals surface area (Å²) in [7, 11) is 0. The number of alkyl halides is 3. The van der Waals surface area contributed by atoms with E-state index in [-0.39, 0.29) is 17.2 Å². The average molecular weight is 451 g/mol. The normalized spacial score (nSPS) is 10.6. The van der Waals surface area contributed by atoms with Crippen molar-refractivity contribution in [3.63, 3.8) is 0 Å². The highest BCUT2D eigenvalue weighted by Gasteiger charge is 2.28. The molecule has 0 bridgehead atoms. The molecule has 0 aliphatic heterocycles. The Kier molecular flexibility index (Phi) is 8.45. The van der Waals surface area contributed by atoms with Crippen LogP contribution in [0.5, 0.6) is 0 Å². The third kappa shape index (κ3) is 8.39. The predicted molar refractivity (Wildman–Crippen MR) is 106 cm³/mol. The average Bonchev–Trinajstić information content (AvgIpc) is 2.74. The third-order valence-corrected chi connectivity index (χ3v) is 4.64. The predicted octanol–water partition coefficient (Wildman–Crippen LogP) is 3.12. The summed E-state index contributed by atoms with van der Waals surface area (Å²) in [6, 6.07) is 14.5. The highest BCUT2D eigenvalue weighted by Crippen LogP contribution is 2.24. The number of nitriles is 1. The number of thioether (sulfide) groups is 1. The van der Waals surface area contributed by atoms with Crippen molar-refractivity contribution in [2.24, 2.45) is 0 Å². The molecule has 0 aliphatic carbocycles. The van der Waals surface area contributed by atoms with Crippen molar-refractivity contribution in [1.82, 2.24) is 5.32 Å². The van der Waals surface area contributed by atoms with Crippen LogP contribution < -0.4 is 10.6 Å². The number of carbonyl (C=O) groups excluding carboxylic acids is 3. The Balaban J connectivity index is 1.90. The minimum atomic E-state index is -4.57. The van der Waals surface area contributed by atoms with Crippen LogP contribution in [0.2, 0.25) is 0 Å². The molecule has 0 saturated heterocycles. The van der Waals surface area contributed by atoms with Crippen LogP contribution in [0.3, 0.4) is 0 Å². The SMILES string of the molecule is N#Cc1cccc(NC(=O)CSc2ccccc2C(=O)OCC(=O)NCC(F)(F)F)c1. The molecular weight excluding hydrogens is 435 g/mol. The lowest BCUT2D eigenvalue weighted by atomic mass is 10.2. The van der Waals surface area contributed by atoms with Gasteiger partial charge in [0.25, 0.3) is 5.91 Å². The number of rotatable bonds is 8. The number of nitrogens with zero attached hydrogens (tertiary/aromatic N) is 1. The maximum absolute atomic E-state index is 12.2. The summed E-state index contributed by atoms with van der Waals surface area (Å²) in [4.78, 5) is 36.1. The Hall–Kier alpha value is -3.52. The van der Waals surface area contributed by atoms with Gasteiger partial charge in [0, 0.05) is 10.6 Å². The van der Waals surface area contributed by atoms with Crippen LogP contribution in [0.15, 0.2) is 53.4 Å². The Bertz CT molecular complexity index is 1010. The molecule has 0 unspecified atom stereocenters. The van der Waals surface area contributed by atoms with Crippen molar-refractivity contribution in [2.45, 2.75) is 11.1 Å². The Morgan fingerprint density at radius 3 is 2.52 bits per heavy atom. The summed E-state index contributed by atoms with van der Waals surface area (Å²) in [6.07, 6.45) is -4.57. The zero-order valence-corrected chi connectivity index (χ0v) is 16.7. The van der Waals surface area contributed by atoms with Crippen molar-refractivity contribution in [1.29, 1.82) is 5.26 Å². The second kappa shape index (κ2) is 11.0. The van der Waals surface area contributed by atoms with Crippen molar-refractivity contribution in [3.05, 3.63) is 59.7 Å². The first-order valence-electron chi connectivity index (χ1n) is 8.70. The molecule has 0 spiro atoms. The molecule has 2 N–H and O–H groups in total. The van der Waals surface area contributed by atoms with Gasteiger partial charge in [0.05, 0.1) is 22.9 Å². The molecule has 0 heterocycles. The molecule has 7 nitrogen and oxygen atoms in total. The summed E-state index contributed by atoms with van der Waals surface area (Å²) < 4.78 is 41.0. The number of amides is 2. The van der Waals surface area contributed by atoms with E-state index in [2.05, 4.69) is 5.32 Å². The van der Waals surface area contributed by atoms with Crippen LogP contribution in [0, 0.1) is 11.3 Å². The maximum Gasteiger partial charge on any atom is 0.405 e. The number of nitrogens with one attached hydrogen (secondary N) is 2. The minimum Gasteiger partial charge on any atom is -0.452 e. The van der Waals surface area contributed by atoms with E-state index in [0.717, 1.165) is 11.8 Å². The zero-order chi connectivity index (χ0) is 22.9. The topological polar surface area (TPSA) is 108 Å². The van der Waals surface area contributed by atoms with Gasteiger partial charge in [0.2, 0.25) is 5.91 Å². The molecule has 31 heavy (non-hydrogen) atoms. The fourth-order valence-corrected chi connectivity index (χ4v) is 3.07. The second-order valence-corrected chi connectivity index (χ2v) is 7.01. The smallest absolute Gasteiger partial charge is 0.405 e. The Morgan fingerprint density at radius 1 is 1.06 bits per heavy atom. The quantitative estimate of drug-likeness (QED) is 0.472. The van der Waals surface area contributed by atoms with Gasteiger partial charge in [-0.25, -0.2) is 4.79 Å². The lowest BCUT2D eigenvalue weighted by Crippen LogP contribution is -2.36. The van der Waals surface area contributed by atoms with Gasteiger partial charge >= 0.3 is 12.1 Å². The molecule has 0 fully saturated rings. The Morgan fingerprint density at radius 2 is 1.81 bits per heavy atom. The van der Waals surface area contributed by atoms with Crippen LogP contribution in [-0.2, 0) is 14.3 Å². The second-order valence-electron chi connectivity index (χ2n) is 5.99. The number of anilines is 1. The molecule has 0 radical (unpaired) electrons. The van der Waals surface area contributed by atoms with Crippen molar-refractivity contribution >= 4 is 35.2 Å². The molecule has 2 aromatic carbocycles. The number of halogens is 3. The van der Waals surface area contributed by atoms with Gasteiger partial charge in [-0.2, -0.15) is 18.4 Å². The van der Waals surface area contributed by atoms with Gasteiger partial charge in [-0.3, -0.25) is 9.59 Å².